The van der Waals surface area contributed by atoms with Gasteiger partial charge in [-0.05, 0) is 58.9 Å². The second-order valence-electron chi connectivity index (χ2n) is 9.09. The molecule has 0 spiro atoms. The van der Waals surface area contributed by atoms with Gasteiger partial charge in [0.1, 0.15) is 22.7 Å². The Balaban J connectivity index is 1.84. The molecule has 0 radical (unpaired) electrons. The van der Waals surface area contributed by atoms with E-state index in [9.17, 15) is 5.11 Å². The smallest absolute Gasteiger partial charge is 0.135 e. The number of hydrogen-bond acceptors (Lipinski definition) is 3. The third kappa shape index (κ3) is 3.22. The van der Waals surface area contributed by atoms with E-state index in [1.165, 1.54) is 5.57 Å². The van der Waals surface area contributed by atoms with E-state index in [2.05, 4.69) is 51.1 Å². The van der Waals surface area contributed by atoms with Gasteiger partial charge in [-0.25, -0.2) is 0 Å². The molecule has 0 fully saturated rings. The summed E-state index contributed by atoms with van der Waals surface area (Å²) in [5.41, 5.74) is 2.41. The average molecular weight is 379 g/mol. The lowest BCUT2D eigenvalue weighted by atomic mass is 9.85. The largest absolute Gasteiger partial charge is 0.484 e. The number of aliphatic hydroxyl groups is 1. The van der Waals surface area contributed by atoms with Crippen LogP contribution in [0.25, 0.3) is 16.8 Å². The Bertz CT molecular complexity index is 979. The normalized spacial score (nSPS) is 24.7. The molecular formula is C25H30O3. The molecule has 0 saturated heterocycles. The van der Waals surface area contributed by atoms with E-state index in [1.807, 2.05) is 26.0 Å². The van der Waals surface area contributed by atoms with Crippen molar-refractivity contribution in [3.05, 3.63) is 53.1 Å². The molecule has 2 aromatic carbocycles. The van der Waals surface area contributed by atoms with Crippen LogP contribution in [0.2, 0.25) is 0 Å². The number of ether oxygens (including phenoxy) is 2. The predicted octanol–water partition coefficient (Wildman–Crippen LogP) is 5.82. The first-order chi connectivity index (χ1) is 13.2. The van der Waals surface area contributed by atoms with Crippen LogP contribution in [0.3, 0.4) is 0 Å². The van der Waals surface area contributed by atoms with Crippen molar-refractivity contribution in [2.24, 2.45) is 0 Å². The Kier molecular flexibility index (Phi) is 4.54. The van der Waals surface area contributed by atoms with E-state index < -0.39 is 11.7 Å². The van der Waals surface area contributed by atoms with E-state index in [0.717, 1.165) is 46.2 Å². The third-order valence-electron chi connectivity index (χ3n) is 5.95. The molecule has 1 N–H and O–H groups in total. The van der Waals surface area contributed by atoms with Crippen molar-refractivity contribution in [1.82, 2.24) is 0 Å². The zero-order valence-electron chi connectivity index (χ0n) is 17.5. The summed E-state index contributed by atoms with van der Waals surface area (Å²) in [5, 5.41) is 12.9. The Hall–Kier alpha value is -2.26. The highest BCUT2D eigenvalue weighted by Gasteiger charge is 2.40. The van der Waals surface area contributed by atoms with Crippen LogP contribution >= 0.6 is 0 Å². The fourth-order valence-corrected chi connectivity index (χ4v) is 4.13. The van der Waals surface area contributed by atoms with Crippen LogP contribution in [-0.2, 0) is 6.42 Å². The number of benzene rings is 2. The maximum atomic E-state index is 10.7. The van der Waals surface area contributed by atoms with E-state index in [0.29, 0.717) is 6.42 Å². The molecule has 3 nitrogen and oxygen atoms in total. The molecule has 28 heavy (non-hydrogen) atoms. The number of hydrogen-bond donors (Lipinski definition) is 1. The van der Waals surface area contributed by atoms with Crippen molar-refractivity contribution in [2.75, 3.05) is 0 Å². The summed E-state index contributed by atoms with van der Waals surface area (Å²) in [6.45, 7) is 10.3. The number of fused-ring (bicyclic) bond motifs is 6. The topological polar surface area (TPSA) is 38.7 Å². The van der Waals surface area contributed by atoms with Crippen LogP contribution in [-0.4, -0.2) is 22.4 Å². The lowest BCUT2D eigenvalue weighted by molar-refractivity contribution is -0.0413. The second kappa shape index (κ2) is 6.66. The highest BCUT2D eigenvalue weighted by molar-refractivity contribution is 5.99. The average Bonchev–Trinajstić information content (AvgIpc) is 2.63. The highest BCUT2D eigenvalue weighted by Crippen LogP contribution is 2.49. The molecule has 2 aromatic rings. The fourth-order valence-electron chi connectivity index (χ4n) is 4.13. The van der Waals surface area contributed by atoms with Gasteiger partial charge in [-0.2, -0.15) is 0 Å². The van der Waals surface area contributed by atoms with Crippen LogP contribution in [0.5, 0.6) is 11.5 Å². The standard InChI is InChI=1S/C25H30O3/c1-16(2)9-8-13-25(5)14-12-19-17-10-6-7-11-18(17)22-20(23(19)28-25)15-21(26)24(3,4)27-22/h6-7,9-12,14,21,26H,8,13,15H2,1-5H3. The molecule has 0 aliphatic carbocycles. The maximum Gasteiger partial charge on any atom is 0.135 e. The Morgan fingerprint density at radius 2 is 1.82 bits per heavy atom. The molecule has 0 bridgehead atoms. The molecule has 2 aliphatic heterocycles. The summed E-state index contributed by atoms with van der Waals surface area (Å²) in [6.07, 6.45) is 8.46. The van der Waals surface area contributed by atoms with E-state index in [1.54, 1.807) is 0 Å². The molecule has 4 rings (SSSR count). The van der Waals surface area contributed by atoms with Crippen LogP contribution in [0.15, 0.2) is 42.0 Å². The van der Waals surface area contributed by atoms with Crippen LogP contribution in [0.4, 0.5) is 0 Å². The molecular weight excluding hydrogens is 348 g/mol. The van der Waals surface area contributed by atoms with E-state index in [4.69, 9.17) is 9.47 Å². The van der Waals surface area contributed by atoms with Gasteiger partial charge in [0, 0.05) is 22.9 Å². The number of aliphatic hydroxyl groups excluding tert-OH is 1. The quantitative estimate of drug-likeness (QED) is 0.684. The van der Waals surface area contributed by atoms with Crippen molar-refractivity contribution in [3.8, 4) is 11.5 Å². The van der Waals surface area contributed by atoms with Gasteiger partial charge in [0.15, 0.2) is 0 Å². The summed E-state index contributed by atoms with van der Waals surface area (Å²) >= 11 is 0. The Morgan fingerprint density at radius 1 is 1.11 bits per heavy atom. The minimum Gasteiger partial charge on any atom is -0.484 e. The molecule has 2 atom stereocenters. The number of allylic oxidation sites excluding steroid dienone is 2. The van der Waals surface area contributed by atoms with E-state index in [-0.39, 0.29) is 5.60 Å². The highest BCUT2D eigenvalue weighted by atomic mass is 16.5. The van der Waals surface area contributed by atoms with Gasteiger partial charge in [-0.15, -0.1) is 0 Å². The van der Waals surface area contributed by atoms with Crippen molar-refractivity contribution in [1.29, 1.82) is 0 Å². The summed E-state index contributed by atoms with van der Waals surface area (Å²) in [7, 11) is 0. The molecule has 0 saturated carbocycles. The molecule has 2 aliphatic rings. The van der Waals surface area contributed by atoms with Gasteiger partial charge in [-0.3, -0.25) is 0 Å². The molecule has 2 heterocycles. The van der Waals surface area contributed by atoms with Crippen molar-refractivity contribution in [3.63, 3.8) is 0 Å². The predicted molar refractivity (Wildman–Crippen MR) is 115 cm³/mol. The first-order valence-electron chi connectivity index (χ1n) is 10.2. The van der Waals surface area contributed by atoms with Gasteiger partial charge in [0.2, 0.25) is 0 Å². The van der Waals surface area contributed by atoms with Gasteiger partial charge in [0.05, 0.1) is 6.10 Å². The SMILES string of the molecule is CC(C)=CCCC1(C)C=Cc2c(c3c(c4ccccc24)OC(C)(C)C(O)C3)O1. The lowest BCUT2D eigenvalue weighted by Gasteiger charge is -2.41. The van der Waals surface area contributed by atoms with Gasteiger partial charge in [-0.1, -0.05) is 42.0 Å². The minimum atomic E-state index is -0.624. The second-order valence-corrected chi connectivity index (χ2v) is 9.09. The summed E-state index contributed by atoms with van der Waals surface area (Å²) < 4.78 is 12.9. The van der Waals surface area contributed by atoms with Crippen molar-refractivity contribution in [2.45, 2.75) is 71.2 Å². The first kappa shape index (κ1) is 19.1. The monoisotopic (exact) mass is 378 g/mol. The summed E-state index contributed by atoms with van der Waals surface area (Å²) in [4.78, 5) is 0. The Labute approximate surface area is 167 Å². The van der Waals surface area contributed by atoms with Gasteiger partial charge in [0.25, 0.3) is 0 Å². The van der Waals surface area contributed by atoms with Crippen LogP contribution in [0.1, 0.15) is 58.6 Å². The van der Waals surface area contributed by atoms with Crippen molar-refractivity contribution < 1.29 is 14.6 Å². The summed E-state index contributed by atoms with van der Waals surface area (Å²) in [5.74, 6) is 1.72. The van der Waals surface area contributed by atoms with Gasteiger partial charge >= 0.3 is 0 Å². The van der Waals surface area contributed by atoms with E-state index >= 15 is 0 Å². The lowest BCUT2D eigenvalue weighted by Crippen LogP contribution is -2.46. The first-order valence-corrected chi connectivity index (χ1v) is 10.2. The van der Waals surface area contributed by atoms with Crippen LogP contribution in [0, 0.1) is 0 Å². The fraction of sp³-hybridized carbons (Fsp3) is 0.440. The zero-order chi connectivity index (χ0) is 20.1. The van der Waals surface area contributed by atoms with Crippen LogP contribution < -0.4 is 9.47 Å². The minimum absolute atomic E-state index is 0.368. The molecule has 2 unspecified atom stereocenters. The molecule has 0 amide bonds. The van der Waals surface area contributed by atoms with Gasteiger partial charge < -0.3 is 14.6 Å². The maximum absolute atomic E-state index is 10.7. The molecule has 148 valence electrons. The number of rotatable bonds is 3. The zero-order valence-corrected chi connectivity index (χ0v) is 17.5. The Morgan fingerprint density at radius 3 is 2.54 bits per heavy atom. The molecule has 3 heteroatoms. The molecule has 0 aromatic heterocycles. The van der Waals surface area contributed by atoms with Crippen molar-refractivity contribution >= 4 is 16.8 Å². The summed E-state index contributed by atoms with van der Waals surface area (Å²) in [6, 6.07) is 8.30. The third-order valence-corrected chi connectivity index (χ3v) is 5.95.